The predicted octanol–water partition coefficient (Wildman–Crippen LogP) is 0.478. The second kappa shape index (κ2) is 3.67. The number of fused-ring (bicyclic) bond motifs is 4. The number of rotatable bonds is 0. The van der Waals surface area contributed by atoms with Gasteiger partial charge < -0.3 is 4.90 Å². The van der Waals surface area contributed by atoms with Crippen LogP contribution >= 0.6 is 11.3 Å². The Kier molecular flexibility index (Phi) is 1.94. The molecule has 0 fully saturated rings. The first-order valence-electron chi connectivity index (χ1n) is 6.72. The van der Waals surface area contributed by atoms with Crippen molar-refractivity contribution in [3.63, 3.8) is 0 Å². The van der Waals surface area contributed by atoms with Crippen LogP contribution in [0.15, 0.2) is 57.2 Å². The zero-order valence-electron chi connectivity index (χ0n) is 10.7. The van der Waals surface area contributed by atoms with Crippen molar-refractivity contribution in [2.24, 2.45) is 9.98 Å². The first kappa shape index (κ1) is 10.6. The fourth-order valence-corrected chi connectivity index (χ4v) is 3.80. The van der Waals surface area contributed by atoms with E-state index in [0.717, 1.165) is 34.5 Å². The predicted molar refractivity (Wildman–Crippen MR) is 78.5 cm³/mol. The van der Waals surface area contributed by atoms with Crippen LogP contribution < -0.4 is 20.5 Å². The Bertz CT molecular complexity index is 1010. The summed E-state index contributed by atoms with van der Waals surface area (Å²) in [7, 11) is 0. The maximum Gasteiger partial charge on any atom is 0.160 e. The number of allylic oxidation sites excluding steroid dienone is 1. The Labute approximate surface area is 119 Å². The van der Waals surface area contributed by atoms with Crippen LogP contribution in [0.25, 0.3) is 11.8 Å². The Hall–Kier alpha value is -2.20. The van der Waals surface area contributed by atoms with Crippen LogP contribution in [0.4, 0.5) is 0 Å². The Morgan fingerprint density at radius 2 is 2.05 bits per heavy atom. The van der Waals surface area contributed by atoms with Crippen LogP contribution in [0, 0.1) is 0 Å². The van der Waals surface area contributed by atoms with Crippen molar-refractivity contribution in [3.05, 3.63) is 67.7 Å². The van der Waals surface area contributed by atoms with Gasteiger partial charge in [-0.2, -0.15) is 0 Å². The fraction of sp³-hybridized carbons (Fsp3) is 0.125. The summed E-state index contributed by atoms with van der Waals surface area (Å²) in [6, 6.07) is 10.5. The molecule has 0 aliphatic carbocycles. The SMILES string of the molecule is C1=c2ccsc2=NC2=C3N=c4ccccc4=C3CCN12. The Morgan fingerprint density at radius 1 is 1.10 bits per heavy atom. The Morgan fingerprint density at radius 3 is 3.05 bits per heavy atom. The van der Waals surface area contributed by atoms with Crippen molar-refractivity contribution in [2.45, 2.75) is 6.42 Å². The molecule has 1 aromatic carbocycles. The lowest BCUT2D eigenvalue weighted by Gasteiger charge is -2.28. The standard InChI is InChI=1S/C16H11N3S/c1-2-4-13-11(3-1)12-5-7-19-9-10-6-8-20-16(10)18-15(19)14(12)17-13/h1-4,6,8-9H,5,7H2. The molecule has 2 aromatic rings. The highest BCUT2D eigenvalue weighted by molar-refractivity contribution is 7.07. The summed E-state index contributed by atoms with van der Waals surface area (Å²) in [5.74, 6) is 1.01. The first-order chi connectivity index (χ1) is 9.90. The quantitative estimate of drug-likeness (QED) is 0.688. The molecule has 0 bridgehead atoms. The molecule has 4 heteroatoms. The number of thiophene rings is 1. The molecule has 0 spiro atoms. The van der Waals surface area contributed by atoms with E-state index in [1.54, 1.807) is 11.3 Å². The largest absolute Gasteiger partial charge is 0.330 e. The molecule has 3 nitrogen and oxygen atoms in total. The average molecular weight is 277 g/mol. The molecule has 4 heterocycles. The van der Waals surface area contributed by atoms with Gasteiger partial charge in [-0.3, -0.25) is 0 Å². The molecule has 0 amide bonds. The molecule has 0 radical (unpaired) electrons. The molecule has 20 heavy (non-hydrogen) atoms. The van der Waals surface area contributed by atoms with Gasteiger partial charge in [0.1, 0.15) is 10.4 Å². The summed E-state index contributed by atoms with van der Waals surface area (Å²) in [5, 5.41) is 5.68. The zero-order valence-corrected chi connectivity index (χ0v) is 11.5. The van der Waals surface area contributed by atoms with Gasteiger partial charge in [-0.25, -0.2) is 9.98 Å². The van der Waals surface area contributed by atoms with Gasteiger partial charge >= 0.3 is 0 Å². The molecule has 96 valence electrons. The number of benzene rings is 1. The van der Waals surface area contributed by atoms with E-state index in [2.05, 4.69) is 40.7 Å². The van der Waals surface area contributed by atoms with Crippen LogP contribution in [-0.2, 0) is 0 Å². The number of hydrogen-bond acceptors (Lipinski definition) is 4. The van der Waals surface area contributed by atoms with Gasteiger partial charge in [0, 0.05) is 23.2 Å². The second-order valence-corrected chi connectivity index (χ2v) is 6.04. The molecule has 1 aromatic heterocycles. The molecule has 3 aliphatic heterocycles. The van der Waals surface area contributed by atoms with Crippen molar-refractivity contribution >= 4 is 23.1 Å². The highest BCUT2D eigenvalue weighted by Crippen LogP contribution is 2.30. The van der Waals surface area contributed by atoms with E-state index in [4.69, 9.17) is 9.98 Å². The highest BCUT2D eigenvalue weighted by atomic mass is 32.1. The lowest BCUT2D eigenvalue weighted by atomic mass is 10.0. The smallest absolute Gasteiger partial charge is 0.160 e. The minimum absolute atomic E-state index is 0.983. The zero-order chi connectivity index (χ0) is 13.1. The highest BCUT2D eigenvalue weighted by Gasteiger charge is 2.27. The topological polar surface area (TPSA) is 28.0 Å². The van der Waals surface area contributed by atoms with Crippen LogP contribution in [-0.4, -0.2) is 11.4 Å². The lowest BCUT2D eigenvalue weighted by molar-refractivity contribution is 0.481. The van der Waals surface area contributed by atoms with Crippen molar-refractivity contribution in [2.75, 3.05) is 6.54 Å². The summed E-state index contributed by atoms with van der Waals surface area (Å²) in [4.78, 5) is 11.9. The van der Waals surface area contributed by atoms with Gasteiger partial charge in [0.15, 0.2) is 5.82 Å². The van der Waals surface area contributed by atoms with E-state index in [1.807, 2.05) is 6.07 Å². The van der Waals surface area contributed by atoms with Gasteiger partial charge in [-0.05, 0) is 29.5 Å². The summed E-state index contributed by atoms with van der Waals surface area (Å²) in [5.41, 5.74) is 2.41. The molecule has 0 saturated heterocycles. The third kappa shape index (κ3) is 1.29. The van der Waals surface area contributed by atoms with Crippen LogP contribution in [0.1, 0.15) is 6.42 Å². The van der Waals surface area contributed by atoms with Crippen molar-refractivity contribution < 1.29 is 0 Å². The molecule has 0 saturated carbocycles. The van der Waals surface area contributed by atoms with Gasteiger partial charge in [0.05, 0.1) is 5.36 Å². The summed E-state index contributed by atoms with van der Waals surface area (Å²) >= 11 is 1.69. The maximum absolute atomic E-state index is 4.83. The van der Waals surface area contributed by atoms with Gasteiger partial charge in [-0.1, -0.05) is 18.2 Å². The lowest BCUT2D eigenvalue weighted by Crippen LogP contribution is -2.35. The van der Waals surface area contributed by atoms with E-state index in [1.165, 1.54) is 16.0 Å². The molecule has 3 aliphatic rings. The normalized spacial score (nSPS) is 18.4. The van der Waals surface area contributed by atoms with Crippen molar-refractivity contribution in [3.8, 4) is 0 Å². The van der Waals surface area contributed by atoms with E-state index in [-0.39, 0.29) is 0 Å². The van der Waals surface area contributed by atoms with E-state index in [9.17, 15) is 0 Å². The van der Waals surface area contributed by atoms with E-state index < -0.39 is 0 Å². The fourth-order valence-electron chi connectivity index (χ4n) is 3.06. The van der Waals surface area contributed by atoms with Gasteiger partial charge in [0.2, 0.25) is 0 Å². The van der Waals surface area contributed by atoms with Gasteiger partial charge in [-0.15, -0.1) is 11.3 Å². The van der Waals surface area contributed by atoms with E-state index >= 15 is 0 Å². The van der Waals surface area contributed by atoms with Crippen molar-refractivity contribution in [1.82, 2.24) is 4.90 Å². The maximum atomic E-state index is 4.83. The minimum Gasteiger partial charge on any atom is -0.330 e. The van der Waals surface area contributed by atoms with Crippen LogP contribution in [0.2, 0.25) is 0 Å². The first-order valence-corrected chi connectivity index (χ1v) is 7.60. The monoisotopic (exact) mass is 277 g/mol. The minimum atomic E-state index is 0.983. The average Bonchev–Trinajstić information content (AvgIpc) is 3.08. The van der Waals surface area contributed by atoms with Crippen LogP contribution in [0.3, 0.4) is 0 Å². The summed E-state index contributed by atoms with van der Waals surface area (Å²) in [6.45, 7) is 0.983. The van der Waals surface area contributed by atoms with Crippen molar-refractivity contribution in [1.29, 1.82) is 0 Å². The van der Waals surface area contributed by atoms with E-state index in [0.29, 0.717) is 0 Å². The summed E-state index contributed by atoms with van der Waals surface area (Å²) in [6.07, 6.45) is 3.24. The third-order valence-electron chi connectivity index (χ3n) is 4.01. The van der Waals surface area contributed by atoms with Crippen LogP contribution in [0.5, 0.6) is 0 Å². The third-order valence-corrected chi connectivity index (χ3v) is 4.83. The molecular weight excluding hydrogens is 266 g/mol. The number of hydrogen-bond donors (Lipinski definition) is 0. The number of nitrogens with zero attached hydrogens (tertiary/aromatic N) is 3. The molecule has 0 unspecified atom stereocenters. The summed E-state index contributed by atoms with van der Waals surface area (Å²) < 4.78 is 1.09. The molecule has 0 N–H and O–H groups in total. The molecule has 0 atom stereocenters. The second-order valence-electron chi connectivity index (χ2n) is 5.15. The number of para-hydroxylation sites is 1. The molecule has 5 rings (SSSR count). The molecular formula is C16H11N3S. The van der Waals surface area contributed by atoms with Gasteiger partial charge in [0.25, 0.3) is 0 Å². The Balaban J connectivity index is 1.90.